The Hall–Kier alpha value is -0.990. The van der Waals surface area contributed by atoms with Gasteiger partial charge in [-0.2, -0.15) is 12.7 Å². The monoisotopic (exact) mass is 339 g/mol. The third-order valence-electron chi connectivity index (χ3n) is 4.71. The Balaban J connectivity index is 1.50. The number of nitrogens with one attached hydrogen (secondary N) is 1. The van der Waals surface area contributed by atoms with Crippen LogP contribution in [0.5, 0.6) is 0 Å². The molecule has 1 aromatic carbocycles. The molecule has 2 aliphatic heterocycles. The molecule has 0 aromatic heterocycles. The fourth-order valence-electron chi connectivity index (χ4n) is 3.24. The fraction of sp³-hybridized carbons (Fsp3) is 0.625. The molecule has 0 aliphatic carbocycles. The fourth-order valence-corrected chi connectivity index (χ4v) is 4.41. The number of benzene rings is 1. The molecule has 0 saturated carbocycles. The number of rotatable bonds is 5. The first-order valence-corrected chi connectivity index (χ1v) is 9.70. The summed E-state index contributed by atoms with van der Waals surface area (Å²) < 4.78 is 29.1. The van der Waals surface area contributed by atoms with Crippen molar-refractivity contribution in [1.29, 1.82) is 0 Å². The van der Waals surface area contributed by atoms with Gasteiger partial charge in [-0.25, -0.2) is 4.72 Å². The minimum Gasteiger partial charge on any atom is -0.393 e. The molecule has 23 heavy (non-hydrogen) atoms. The first-order chi connectivity index (χ1) is 11.0. The maximum Gasteiger partial charge on any atom is 0.279 e. The van der Waals surface area contributed by atoms with Crippen LogP contribution in [0.4, 0.5) is 0 Å². The van der Waals surface area contributed by atoms with Crippen molar-refractivity contribution in [3.05, 3.63) is 35.4 Å². The predicted molar refractivity (Wildman–Crippen MR) is 89.2 cm³/mol. The molecule has 0 radical (unpaired) electrons. The van der Waals surface area contributed by atoms with E-state index in [2.05, 4.69) is 15.7 Å². The van der Waals surface area contributed by atoms with Gasteiger partial charge in [-0.15, -0.1) is 0 Å². The van der Waals surface area contributed by atoms with Crippen molar-refractivity contribution in [2.24, 2.45) is 0 Å². The predicted octanol–water partition coefficient (Wildman–Crippen LogP) is 0.336. The molecule has 0 amide bonds. The largest absolute Gasteiger partial charge is 0.393 e. The van der Waals surface area contributed by atoms with Crippen LogP contribution in [0.15, 0.2) is 24.3 Å². The summed E-state index contributed by atoms with van der Waals surface area (Å²) in [6.07, 6.45) is 2.11. The second kappa shape index (κ2) is 7.27. The van der Waals surface area contributed by atoms with Gasteiger partial charge in [0.05, 0.1) is 6.10 Å². The van der Waals surface area contributed by atoms with E-state index in [1.807, 2.05) is 18.2 Å². The first kappa shape index (κ1) is 16.9. The summed E-state index contributed by atoms with van der Waals surface area (Å²) in [5.74, 6) is 0. The third kappa shape index (κ3) is 4.30. The van der Waals surface area contributed by atoms with E-state index in [9.17, 15) is 13.5 Å². The number of nitrogens with zero attached hydrogens (tertiary/aromatic N) is 2. The van der Waals surface area contributed by atoms with Gasteiger partial charge in [0.1, 0.15) is 0 Å². The Labute approximate surface area is 138 Å². The summed E-state index contributed by atoms with van der Waals surface area (Å²) in [5, 5.41) is 9.49. The molecule has 6 nitrogen and oxygen atoms in total. The Morgan fingerprint density at radius 2 is 1.83 bits per heavy atom. The zero-order valence-electron chi connectivity index (χ0n) is 13.3. The number of aliphatic hydroxyl groups excluding tert-OH is 1. The van der Waals surface area contributed by atoms with Crippen LogP contribution < -0.4 is 4.72 Å². The minimum atomic E-state index is -3.43. The zero-order chi connectivity index (χ0) is 16.3. The Bertz CT molecular complexity index is 627. The van der Waals surface area contributed by atoms with E-state index in [4.69, 9.17) is 0 Å². The lowest BCUT2D eigenvalue weighted by molar-refractivity contribution is 0.0836. The Morgan fingerprint density at radius 1 is 1.13 bits per heavy atom. The van der Waals surface area contributed by atoms with Gasteiger partial charge in [-0.3, -0.25) is 0 Å². The van der Waals surface area contributed by atoms with Crippen LogP contribution in [0.1, 0.15) is 24.0 Å². The van der Waals surface area contributed by atoms with Crippen LogP contribution in [0.2, 0.25) is 0 Å². The molecule has 128 valence electrons. The van der Waals surface area contributed by atoms with E-state index in [1.54, 1.807) is 0 Å². The van der Waals surface area contributed by atoms with Gasteiger partial charge < -0.3 is 10.0 Å². The average Bonchev–Trinajstić information content (AvgIpc) is 2.56. The van der Waals surface area contributed by atoms with Crippen LogP contribution in [0, 0.1) is 0 Å². The van der Waals surface area contributed by atoms with E-state index in [0.29, 0.717) is 26.2 Å². The summed E-state index contributed by atoms with van der Waals surface area (Å²) in [4.78, 5) is 2.20. The van der Waals surface area contributed by atoms with Crippen LogP contribution in [0.25, 0.3) is 0 Å². The molecule has 0 unspecified atom stereocenters. The smallest absolute Gasteiger partial charge is 0.279 e. The van der Waals surface area contributed by atoms with E-state index < -0.39 is 10.2 Å². The van der Waals surface area contributed by atoms with Gasteiger partial charge in [0.15, 0.2) is 0 Å². The molecular formula is C16H25N3O3S. The van der Waals surface area contributed by atoms with Crippen LogP contribution in [-0.2, 0) is 23.2 Å². The third-order valence-corrected chi connectivity index (χ3v) is 6.27. The first-order valence-electron chi connectivity index (χ1n) is 8.26. The number of aliphatic hydroxyl groups is 1. The van der Waals surface area contributed by atoms with Gasteiger partial charge >= 0.3 is 0 Å². The highest BCUT2D eigenvalue weighted by Crippen LogP contribution is 2.20. The highest BCUT2D eigenvalue weighted by atomic mass is 32.2. The number of hydrogen-bond donors (Lipinski definition) is 2. The number of fused-ring (bicyclic) bond motifs is 1. The maximum atomic E-state index is 12.4. The Morgan fingerprint density at radius 3 is 2.57 bits per heavy atom. The molecule has 0 bridgehead atoms. The highest BCUT2D eigenvalue weighted by molar-refractivity contribution is 7.87. The van der Waals surface area contributed by atoms with Crippen LogP contribution in [-0.4, -0.2) is 61.6 Å². The number of likely N-dealkylation sites (tertiary alicyclic amines) is 1. The molecule has 2 heterocycles. The lowest BCUT2D eigenvalue weighted by Crippen LogP contribution is -2.46. The van der Waals surface area contributed by atoms with Crippen molar-refractivity contribution in [2.45, 2.75) is 31.9 Å². The molecule has 3 rings (SSSR count). The lowest BCUT2D eigenvalue weighted by Gasteiger charge is -2.31. The number of piperidine rings is 1. The summed E-state index contributed by atoms with van der Waals surface area (Å²) in [5.41, 5.74) is 2.33. The van der Waals surface area contributed by atoms with E-state index in [1.165, 1.54) is 9.87 Å². The molecule has 0 spiro atoms. The van der Waals surface area contributed by atoms with E-state index >= 15 is 0 Å². The van der Waals surface area contributed by atoms with Crippen molar-refractivity contribution < 1.29 is 13.5 Å². The van der Waals surface area contributed by atoms with Gasteiger partial charge in [-0.1, -0.05) is 24.3 Å². The second-order valence-electron chi connectivity index (χ2n) is 6.32. The quantitative estimate of drug-likeness (QED) is 0.811. The standard InChI is InChI=1S/C16H25N3O3S/c20-16-6-9-18(10-7-16)12-8-17-23(21,22)19-11-5-14-3-1-2-4-15(14)13-19/h1-4,16-17,20H,5-13H2. The molecular weight excluding hydrogens is 314 g/mol. The highest BCUT2D eigenvalue weighted by Gasteiger charge is 2.26. The van der Waals surface area contributed by atoms with Crippen molar-refractivity contribution in [3.8, 4) is 0 Å². The number of hydrogen-bond acceptors (Lipinski definition) is 4. The second-order valence-corrected chi connectivity index (χ2v) is 8.08. The van der Waals surface area contributed by atoms with E-state index in [0.717, 1.165) is 37.9 Å². The van der Waals surface area contributed by atoms with Gasteiger partial charge in [0, 0.05) is 39.3 Å². The molecule has 2 aliphatic rings. The molecule has 1 saturated heterocycles. The molecule has 1 fully saturated rings. The van der Waals surface area contributed by atoms with Crippen molar-refractivity contribution in [1.82, 2.24) is 13.9 Å². The normalized spacial score (nSPS) is 21.3. The van der Waals surface area contributed by atoms with Crippen molar-refractivity contribution in [2.75, 3.05) is 32.7 Å². The SMILES string of the molecule is O=S(=O)(NCCN1CCC(O)CC1)N1CCc2ccccc2C1. The summed E-state index contributed by atoms with van der Waals surface area (Å²) in [6, 6.07) is 8.01. The summed E-state index contributed by atoms with van der Waals surface area (Å²) in [7, 11) is -3.43. The molecule has 1 aromatic rings. The molecule has 7 heteroatoms. The van der Waals surface area contributed by atoms with Gasteiger partial charge in [0.2, 0.25) is 0 Å². The lowest BCUT2D eigenvalue weighted by atomic mass is 10.0. The average molecular weight is 339 g/mol. The maximum absolute atomic E-state index is 12.4. The minimum absolute atomic E-state index is 0.198. The Kier molecular flexibility index (Phi) is 5.33. The summed E-state index contributed by atoms with van der Waals surface area (Å²) in [6.45, 7) is 3.75. The molecule has 0 atom stereocenters. The zero-order valence-corrected chi connectivity index (χ0v) is 14.1. The van der Waals surface area contributed by atoms with Crippen LogP contribution >= 0.6 is 0 Å². The van der Waals surface area contributed by atoms with Crippen molar-refractivity contribution >= 4 is 10.2 Å². The summed E-state index contributed by atoms with van der Waals surface area (Å²) >= 11 is 0. The van der Waals surface area contributed by atoms with Gasteiger partial charge in [0.25, 0.3) is 10.2 Å². The van der Waals surface area contributed by atoms with Gasteiger partial charge in [-0.05, 0) is 30.4 Å². The van der Waals surface area contributed by atoms with Crippen molar-refractivity contribution in [3.63, 3.8) is 0 Å². The van der Waals surface area contributed by atoms with Crippen LogP contribution in [0.3, 0.4) is 0 Å². The molecule has 2 N–H and O–H groups in total. The topological polar surface area (TPSA) is 72.9 Å². The van der Waals surface area contributed by atoms with E-state index in [-0.39, 0.29) is 6.10 Å².